The zero-order valence-electron chi connectivity index (χ0n) is 51.1. The van der Waals surface area contributed by atoms with Crippen LogP contribution in [-0.4, -0.2) is 183 Å². The van der Waals surface area contributed by atoms with Gasteiger partial charge in [0.2, 0.25) is 53.2 Å². The Balaban J connectivity index is 0.00000128. The number of nitrogens with one attached hydrogen (secondary N) is 11. The lowest BCUT2D eigenvalue weighted by Crippen LogP contribution is -2.61. The van der Waals surface area contributed by atoms with Crippen molar-refractivity contribution in [2.45, 2.75) is 160 Å². The molecule has 6 rings (SSSR count). The molecule has 2 aromatic carbocycles. The quantitative estimate of drug-likeness (QED) is 0.0161. The highest BCUT2D eigenvalue weighted by molar-refractivity contribution is 5.99. The summed E-state index contributed by atoms with van der Waals surface area (Å²) < 4.78 is 0. The van der Waals surface area contributed by atoms with Crippen LogP contribution in [0.15, 0.2) is 72.2 Å². The number of aliphatic hydroxyl groups excluding tert-OH is 1. The average molecular weight is 1230 g/mol. The molecule has 2 aromatic heterocycles. The minimum absolute atomic E-state index is 0.0762. The molecule has 2 saturated heterocycles. The molecular weight excluding hydrogens is 1140 g/mol. The Kier molecular flexibility index (Phi) is 27.3. The Labute approximate surface area is 511 Å². The number of likely N-dealkylation sites (tertiary alicyclic amines) is 1. The normalized spacial score (nSPS) is 17.1. The zero-order valence-corrected chi connectivity index (χ0v) is 51.1. The number of para-hydroxylation sites is 1. The summed E-state index contributed by atoms with van der Waals surface area (Å²) in [6.07, 6.45) is 7.40. The van der Waals surface area contributed by atoms with Gasteiger partial charge in [-0.1, -0.05) is 58.0 Å². The van der Waals surface area contributed by atoms with Crippen molar-refractivity contribution in [3.63, 3.8) is 0 Å². The average Bonchev–Trinajstić information content (AvgIpc) is 4.56. The van der Waals surface area contributed by atoms with E-state index < -0.39 is 96.3 Å². The predicted octanol–water partition coefficient (Wildman–Crippen LogP) is -1.15. The Hall–Kier alpha value is -8.92. The van der Waals surface area contributed by atoms with Gasteiger partial charge < -0.3 is 79.5 Å². The molecule has 28 nitrogen and oxygen atoms in total. The number of likely N-dealkylation sites (N-methyl/N-ethyl adjacent to an activating group) is 2. The SMILES string of the molecule is CC(=O)C(CCCN=C(N)N)NC(=O)C(CC(C)C)NC(=O)C(CC(C)C)NC(=O)C(Cc1ccc(O)cc1)NC(=O)C(CO)NC(=O)C(Cc1c[nH]c2ccccc12)NC(=O)C(Cc1cnc[nH]1)NC(=O)C1CCC(=O)N1.CNC(=O)C1CCCN1C. The smallest absolute Gasteiger partial charge is 0.245 e. The number of aromatic hydroxyl groups is 1. The van der Waals surface area contributed by atoms with E-state index in [9.17, 15) is 58.2 Å². The Morgan fingerprint density at radius 1 is 0.705 bits per heavy atom. The fourth-order valence-electron chi connectivity index (χ4n) is 10.2. The largest absolute Gasteiger partial charge is 0.508 e. The van der Waals surface area contributed by atoms with Gasteiger partial charge in [-0.3, -0.25) is 57.8 Å². The number of carbonyl (C=O) groups excluding carboxylic acids is 10. The van der Waals surface area contributed by atoms with E-state index in [1.54, 1.807) is 19.3 Å². The van der Waals surface area contributed by atoms with E-state index in [0.29, 0.717) is 23.2 Å². The molecule has 9 unspecified atom stereocenters. The van der Waals surface area contributed by atoms with Crippen LogP contribution in [-0.2, 0) is 67.2 Å². The first-order chi connectivity index (χ1) is 41.8. The number of guanidine groups is 1. The van der Waals surface area contributed by atoms with Crippen LogP contribution < -0.4 is 59.3 Å². The van der Waals surface area contributed by atoms with Gasteiger partial charge >= 0.3 is 0 Å². The van der Waals surface area contributed by atoms with E-state index >= 15 is 0 Å². The predicted molar refractivity (Wildman–Crippen MR) is 327 cm³/mol. The highest BCUT2D eigenvalue weighted by Crippen LogP contribution is 2.21. The van der Waals surface area contributed by atoms with Crippen molar-refractivity contribution in [1.82, 2.24) is 67.7 Å². The fraction of sp³-hybridized carbons (Fsp3) is 0.533. The van der Waals surface area contributed by atoms with Gasteiger partial charge in [0, 0.05) is 68.3 Å². The van der Waals surface area contributed by atoms with Crippen LogP contribution in [0.25, 0.3) is 10.9 Å². The van der Waals surface area contributed by atoms with E-state index in [1.165, 1.54) is 43.7 Å². The first-order valence-corrected chi connectivity index (χ1v) is 29.7. The number of carbonyl (C=O) groups is 10. The van der Waals surface area contributed by atoms with Gasteiger partial charge in [-0.15, -0.1) is 0 Å². The number of Topliss-reactive ketones (excluding diaryl/α,β-unsaturated/α-hetero) is 1. The van der Waals surface area contributed by atoms with E-state index in [1.807, 2.05) is 52.9 Å². The molecule has 0 bridgehead atoms. The first kappa shape index (κ1) is 69.8. The van der Waals surface area contributed by atoms with E-state index in [2.05, 4.69) is 72.7 Å². The van der Waals surface area contributed by atoms with Crippen LogP contribution >= 0.6 is 0 Å². The van der Waals surface area contributed by atoms with Crippen molar-refractivity contribution < 1.29 is 58.2 Å². The number of imidazole rings is 1. The second-order valence-electron chi connectivity index (χ2n) is 23.1. The van der Waals surface area contributed by atoms with Crippen LogP contribution in [0, 0.1) is 11.8 Å². The maximum Gasteiger partial charge on any atom is 0.245 e. The number of ketones is 1. The number of H-pyrrole nitrogens is 2. The molecule has 4 heterocycles. The summed E-state index contributed by atoms with van der Waals surface area (Å²) in [5, 5.41) is 45.4. The number of phenols is 1. The summed E-state index contributed by atoms with van der Waals surface area (Å²) in [5.41, 5.74) is 13.1. The molecule has 2 aliphatic heterocycles. The monoisotopic (exact) mass is 1220 g/mol. The number of hydrogen-bond acceptors (Lipinski definition) is 15. The van der Waals surface area contributed by atoms with Gasteiger partial charge in [0.25, 0.3) is 0 Å². The molecule has 0 saturated carbocycles. The number of aromatic nitrogens is 3. The van der Waals surface area contributed by atoms with Crippen LogP contribution in [0.2, 0.25) is 0 Å². The molecule has 480 valence electrons. The Bertz CT molecular complexity index is 3040. The van der Waals surface area contributed by atoms with Gasteiger partial charge in [-0.05, 0) is 107 Å². The summed E-state index contributed by atoms with van der Waals surface area (Å²) in [4.78, 5) is 150. The minimum Gasteiger partial charge on any atom is -0.508 e. The maximum atomic E-state index is 14.5. The molecule has 2 aliphatic rings. The molecule has 0 radical (unpaired) electrons. The third-order valence-electron chi connectivity index (χ3n) is 15.0. The molecule has 0 aliphatic carbocycles. The molecule has 4 aromatic rings. The van der Waals surface area contributed by atoms with Crippen molar-refractivity contribution >= 4 is 75.8 Å². The van der Waals surface area contributed by atoms with Crippen LogP contribution in [0.4, 0.5) is 0 Å². The number of nitrogens with zero attached hydrogens (tertiary/aromatic N) is 3. The molecule has 88 heavy (non-hydrogen) atoms. The second-order valence-corrected chi connectivity index (χ2v) is 23.1. The third-order valence-corrected chi connectivity index (χ3v) is 15.0. The highest BCUT2D eigenvalue weighted by Gasteiger charge is 2.37. The number of rotatable bonds is 31. The number of phenolic OH excluding ortho intramolecular Hbond substituents is 1. The molecule has 9 atom stereocenters. The van der Waals surface area contributed by atoms with Crippen LogP contribution in [0.5, 0.6) is 5.75 Å². The molecule has 17 N–H and O–H groups in total. The van der Waals surface area contributed by atoms with Crippen LogP contribution in [0.3, 0.4) is 0 Å². The number of nitrogens with two attached hydrogens (primary N) is 2. The number of amides is 9. The van der Waals surface area contributed by atoms with Crippen molar-refractivity contribution in [3.05, 3.63) is 84.1 Å². The topological polar surface area (TPSA) is 432 Å². The summed E-state index contributed by atoms with van der Waals surface area (Å²) in [5.74, 6) is -6.54. The number of aromatic amines is 2. The standard InChI is InChI=1S/C53H74N14O11.C7H14N2O/c1-28(2)19-39(47(73)61-36(30(5)69)11-8-18-57-53(54)55)62-48(74)40(20-29(3)4)63-49(75)41(21-31-12-14-34(70)15-13-31)64-52(78)44(26-68)67-50(76)42(22-32-24-58-37-10-7-6-9-35(32)37)65-51(77)43(23-33-25-56-27-59-33)66-46(72)38-16-17-45(71)60-38;1-8-7(10)6-4-3-5-9(6)2/h6-7,9-10,12-15,24-25,27-29,36,38-44,58,68,70H,8,11,16-23,26H2,1-5H3,(H,56,59)(H,60,71)(H,61,73)(H,62,74)(H,63,75)(H,64,78)(H,65,77)(H,66,72)(H,67,76)(H4,54,55,57);6H,3-5H2,1-2H3,(H,8,10). The van der Waals surface area contributed by atoms with Gasteiger partial charge in [0.05, 0.1) is 25.0 Å². The molecule has 0 spiro atoms. The number of aliphatic imine (C=N–C) groups is 1. The third kappa shape index (κ3) is 22.1. The van der Waals surface area contributed by atoms with E-state index in [0.717, 1.165) is 30.3 Å². The summed E-state index contributed by atoms with van der Waals surface area (Å²) in [6, 6.07) is 3.01. The summed E-state index contributed by atoms with van der Waals surface area (Å²) in [7, 11) is 3.68. The van der Waals surface area contributed by atoms with E-state index in [4.69, 9.17) is 11.5 Å². The second kappa shape index (κ2) is 34.4. The van der Waals surface area contributed by atoms with Crippen molar-refractivity contribution in [1.29, 1.82) is 0 Å². The van der Waals surface area contributed by atoms with Crippen molar-refractivity contribution in [2.24, 2.45) is 28.3 Å². The highest BCUT2D eigenvalue weighted by atomic mass is 16.3. The van der Waals surface area contributed by atoms with Gasteiger partial charge in [0.15, 0.2) is 11.7 Å². The zero-order chi connectivity index (χ0) is 64.6. The summed E-state index contributed by atoms with van der Waals surface area (Å²) >= 11 is 0. The first-order valence-electron chi connectivity index (χ1n) is 29.7. The lowest BCUT2D eigenvalue weighted by molar-refractivity contribution is -0.136. The van der Waals surface area contributed by atoms with Gasteiger partial charge in [0.1, 0.15) is 48.0 Å². The number of hydrogen-bond donors (Lipinski definition) is 15. The number of benzene rings is 2. The fourth-order valence-corrected chi connectivity index (χ4v) is 10.2. The van der Waals surface area contributed by atoms with Crippen LogP contribution in [0.1, 0.15) is 103 Å². The Morgan fingerprint density at radius 3 is 1.78 bits per heavy atom. The minimum atomic E-state index is -1.73. The summed E-state index contributed by atoms with van der Waals surface area (Å²) in [6.45, 7) is 8.95. The van der Waals surface area contributed by atoms with Gasteiger partial charge in [-0.2, -0.15) is 0 Å². The maximum absolute atomic E-state index is 14.5. The van der Waals surface area contributed by atoms with Gasteiger partial charge in [-0.25, -0.2) is 4.98 Å². The lowest BCUT2D eigenvalue weighted by Gasteiger charge is -2.28. The molecular formula is C60H88N16O12. The molecule has 28 heteroatoms. The number of fused-ring (bicyclic) bond motifs is 1. The number of aliphatic hydroxyl groups is 1. The van der Waals surface area contributed by atoms with Crippen molar-refractivity contribution in [3.8, 4) is 5.75 Å². The Morgan fingerprint density at radius 2 is 1.26 bits per heavy atom. The molecule has 2 fully saturated rings. The molecule has 9 amide bonds. The van der Waals surface area contributed by atoms with Crippen molar-refractivity contribution in [2.75, 3.05) is 33.8 Å². The lowest BCUT2D eigenvalue weighted by atomic mass is 9.98. The van der Waals surface area contributed by atoms with E-state index in [-0.39, 0.29) is 105 Å².